The Morgan fingerprint density at radius 1 is 1.04 bits per heavy atom. The molecule has 2 aromatic heterocycles. The van der Waals surface area contributed by atoms with Crippen LogP contribution in [0.1, 0.15) is 34.8 Å². The molecule has 0 bridgehead atoms. The van der Waals surface area contributed by atoms with Gasteiger partial charge in [-0.25, -0.2) is 9.97 Å². The van der Waals surface area contributed by atoms with Gasteiger partial charge in [-0.1, -0.05) is 23.2 Å². The molecule has 146 valence electrons. The summed E-state index contributed by atoms with van der Waals surface area (Å²) in [6.45, 7) is 1.19. The summed E-state index contributed by atoms with van der Waals surface area (Å²) >= 11 is 11.2. The first kappa shape index (κ1) is 22.7. The van der Waals surface area contributed by atoms with Crippen LogP contribution in [0, 0.1) is 0 Å². The molecule has 2 aromatic rings. The fourth-order valence-corrected chi connectivity index (χ4v) is 2.19. The smallest absolute Gasteiger partial charge is 0.422 e. The van der Waals surface area contributed by atoms with E-state index in [4.69, 9.17) is 28.3 Å². The number of nitrogens with zero attached hydrogens (tertiary/aromatic N) is 2. The molecule has 0 amide bonds. The Labute approximate surface area is 161 Å². The Morgan fingerprint density at radius 3 is 1.93 bits per heavy atom. The number of Topliss-reactive ketones (excluding diaryl/α,β-unsaturated/α-hetero) is 2. The van der Waals surface area contributed by atoms with Gasteiger partial charge >= 0.3 is 6.18 Å². The van der Waals surface area contributed by atoms with E-state index in [0.29, 0.717) is 0 Å². The van der Waals surface area contributed by atoms with Crippen LogP contribution in [-0.4, -0.2) is 39.4 Å². The molecule has 0 radical (unpaired) electrons. The second-order valence-corrected chi connectivity index (χ2v) is 5.86. The molecule has 0 unspecified atom stereocenters. The summed E-state index contributed by atoms with van der Waals surface area (Å²) in [5, 5.41) is 9.00. The Kier molecular flexibility index (Phi) is 7.98. The van der Waals surface area contributed by atoms with Crippen LogP contribution in [-0.2, 0) is 0 Å². The van der Waals surface area contributed by atoms with E-state index in [1.54, 1.807) is 0 Å². The number of carbonyl (C=O) groups is 2. The number of rotatable bonds is 4. The lowest BCUT2D eigenvalue weighted by molar-refractivity contribution is -0.153. The number of halogens is 5. The highest BCUT2D eigenvalue weighted by atomic mass is 35.5. The second-order valence-electron chi connectivity index (χ2n) is 5.04. The molecule has 2 heterocycles. The molecule has 0 atom stereocenters. The summed E-state index contributed by atoms with van der Waals surface area (Å²) in [4.78, 5) is 28.9. The molecule has 0 fully saturated rings. The van der Waals surface area contributed by atoms with E-state index in [1.165, 1.54) is 26.1 Å². The summed E-state index contributed by atoms with van der Waals surface area (Å²) in [5.41, 5.74) is 0.186. The second kappa shape index (κ2) is 9.52. The standard InChI is InChI=1S/C9H7ClF3NO2.C7H6ClNO2/c1-5(15)8-7(10)2-6(3-14-8)16-4-9(11,12)13;1-4(10)7-6(8)2-5(11)3-9-7/h2-3H,4H2,1H3;2-3,11H,1H3. The van der Waals surface area contributed by atoms with Gasteiger partial charge in [-0.2, -0.15) is 13.2 Å². The molecule has 11 heteroatoms. The molecule has 0 spiro atoms. The summed E-state index contributed by atoms with van der Waals surface area (Å²) in [6.07, 6.45) is -2.22. The van der Waals surface area contributed by atoms with Gasteiger partial charge < -0.3 is 9.84 Å². The topological polar surface area (TPSA) is 89.4 Å². The zero-order valence-electron chi connectivity index (χ0n) is 14.0. The number of hydrogen-bond donors (Lipinski definition) is 1. The number of carbonyl (C=O) groups excluding carboxylic acids is 2. The highest BCUT2D eigenvalue weighted by Gasteiger charge is 2.28. The quantitative estimate of drug-likeness (QED) is 0.725. The number of alkyl halides is 3. The van der Waals surface area contributed by atoms with Crippen molar-refractivity contribution in [3.05, 3.63) is 46.0 Å². The van der Waals surface area contributed by atoms with Crippen LogP contribution in [0.25, 0.3) is 0 Å². The first-order chi connectivity index (χ1) is 12.4. The zero-order valence-corrected chi connectivity index (χ0v) is 15.5. The van der Waals surface area contributed by atoms with Crippen molar-refractivity contribution in [3.8, 4) is 11.5 Å². The molecule has 27 heavy (non-hydrogen) atoms. The van der Waals surface area contributed by atoms with Gasteiger partial charge in [0, 0.05) is 26.0 Å². The third kappa shape index (κ3) is 7.79. The monoisotopic (exact) mass is 424 g/mol. The van der Waals surface area contributed by atoms with E-state index in [-0.39, 0.29) is 44.5 Å². The number of aromatic nitrogens is 2. The minimum absolute atomic E-state index is 0.000949. The summed E-state index contributed by atoms with van der Waals surface area (Å²) in [7, 11) is 0. The maximum atomic E-state index is 11.8. The minimum atomic E-state index is -4.42. The van der Waals surface area contributed by atoms with E-state index in [1.807, 2.05) is 0 Å². The Bertz CT molecular complexity index is 845. The van der Waals surface area contributed by atoms with Crippen molar-refractivity contribution in [3.63, 3.8) is 0 Å². The number of hydrogen-bond acceptors (Lipinski definition) is 6. The maximum absolute atomic E-state index is 11.8. The van der Waals surface area contributed by atoms with Crippen molar-refractivity contribution in [2.24, 2.45) is 0 Å². The molecular weight excluding hydrogens is 412 g/mol. The third-order valence-electron chi connectivity index (χ3n) is 2.71. The third-order valence-corrected chi connectivity index (χ3v) is 3.29. The molecule has 0 aliphatic carbocycles. The molecule has 0 saturated carbocycles. The number of aromatic hydroxyl groups is 1. The largest absolute Gasteiger partial charge is 0.506 e. The number of pyridine rings is 2. The zero-order chi connectivity index (χ0) is 20.8. The van der Waals surface area contributed by atoms with Gasteiger partial charge in [0.2, 0.25) is 0 Å². The predicted molar refractivity (Wildman–Crippen MR) is 91.7 cm³/mol. The van der Waals surface area contributed by atoms with Crippen LogP contribution in [0.5, 0.6) is 11.5 Å². The van der Waals surface area contributed by atoms with Gasteiger partial charge in [-0.3, -0.25) is 9.59 Å². The van der Waals surface area contributed by atoms with E-state index < -0.39 is 12.8 Å². The van der Waals surface area contributed by atoms with Crippen molar-refractivity contribution in [1.29, 1.82) is 0 Å². The average Bonchev–Trinajstić information content (AvgIpc) is 2.52. The van der Waals surface area contributed by atoms with Crippen molar-refractivity contribution in [1.82, 2.24) is 9.97 Å². The average molecular weight is 425 g/mol. The van der Waals surface area contributed by atoms with Gasteiger partial charge in [0.05, 0.1) is 22.4 Å². The Hall–Kier alpha value is -2.39. The summed E-state index contributed by atoms with van der Waals surface area (Å²) < 4.78 is 39.9. The SMILES string of the molecule is CC(=O)c1ncc(O)cc1Cl.CC(=O)c1ncc(OCC(F)(F)F)cc1Cl. The fourth-order valence-electron chi connectivity index (χ4n) is 1.61. The van der Waals surface area contributed by atoms with Crippen LogP contribution >= 0.6 is 23.2 Å². The number of ketones is 2. The Balaban J connectivity index is 0.000000289. The van der Waals surface area contributed by atoms with Gasteiger partial charge in [-0.05, 0) is 0 Å². The van der Waals surface area contributed by atoms with E-state index in [0.717, 1.165) is 12.3 Å². The Morgan fingerprint density at radius 2 is 1.52 bits per heavy atom. The van der Waals surface area contributed by atoms with Crippen LogP contribution in [0.3, 0.4) is 0 Å². The van der Waals surface area contributed by atoms with Crippen molar-refractivity contribution < 1.29 is 32.6 Å². The molecule has 0 aromatic carbocycles. The predicted octanol–water partition coefficient (Wildman–Crippen LogP) is 4.52. The van der Waals surface area contributed by atoms with E-state index >= 15 is 0 Å². The molecule has 2 rings (SSSR count). The highest BCUT2D eigenvalue weighted by molar-refractivity contribution is 6.34. The van der Waals surface area contributed by atoms with E-state index in [2.05, 4.69) is 14.7 Å². The summed E-state index contributed by atoms with van der Waals surface area (Å²) in [5.74, 6) is -0.755. The first-order valence-electron chi connectivity index (χ1n) is 7.12. The van der Waals surface area contributed by atoms with Gasteiger partial charge in [0.15, 0.2) is 18.2 Å². The van der Waals surface area contributed by atoms with Crippen LogP contribution in [0.15, 0.2) is 24.5 Å². The number of ether oxygens (including phenoxy) is 1. The normalized spacial score (nSPS) is 10.6. The highest BCUT2D eigenvalue weighted by Crippen LogP contribution is 2.23. The fraction of sp³-hybridized carbons (Fsp3) is 0.250. The van der Waals surface area contributed by atoms with Crippen molar-refractivity contribution in [2.75, 3.05) is 6.61 Å². The van der Waals surface area contributed by atoms with Gasteiger partial charge in [-0.15, -0.1) is 0 Å². The molecule has 1 N–H and O–H groups in total. The summed E-state index contributed by atoms with van der Waals surface area (Å²) in [6, 6.07) is 2.41. The van der Waals surface area contributed by atoms with Gasteiger partial charge in [0.25, 0.3) is 0 Å². The lowest BCUT2D eigenvalue weighted by Crippen LogP contribution is -2.19. The molecular formula is C16H13Cl2F3N2O4. The van der Waals surface area contributed by atoms with Crippen LogP contribution < -0.4 is 4.74 Å². The molecule has 0 saturated heterocycles. The molecule has 6 nitrogen and oxygen atoms in total. The van der Waals surface area contributed by atoms with Crippen molar-refractivity contribution in [2.45, 2.75) is 20.0 Å². The molecule has 0 aliphatic heterocycles. The minimum Gasteiger partial charge on any atom is -0.506 e. The van der Waals surface area contributed by atoms with Gasteiger partial charge in [0.1, 0.15) is 22.9 Å². The first-order valence-corrected chi connectivity index (χ1v) is 7.87. The lowest BCUT2D eigenvalue weighted by Gasteiger charge is -2.09. The van der Waals surface area contributed by atoms with E-state index in [9.17, 15) is 22.8 Å². The van der Waals surface area contributed by atoms with Crippen LogP contribution in [0.2, 0.25) is 10.0 Å². The molecule has 0 aliphatic rings. The van der Waals surface area contributed by atoms with Crippen LogP contribution in [0.4, 0.5) is 13.2 Å². The lowest BCUT2D eigenvalue weighted by atomic mass is 10.3. The van der Waals surface area contributed by atoms with Crippen molar-refractivity contribution >= 4 is 34.8 Å². The maximum Gasteiger partial charge on any atom is 0.422 e.